The van der Waals surface area contributed by atoms with Crippen LogP contribution in [0.3, 0.4) is 0 Å². The number of nitrogens with zero attached hydrogens (tertiary/aromatic N) is 1. The molecule has 3 amide bonds. The number of rotatable bonds is 5. The molecule has 1 aromatic rings. The third kappa shape index (κ3) is 5.42. The quantitative estimate of drug-likeness (QED) is 0.716. The van der Waals surface area contributed by atoms with E-state index in [0.717, 1.165) is 25.9 Å². The summed E-state index contributed by atoms with van der Waals surface area (Å²) in [6.07, 6.45) is 3.87. The molecule has 2 aliphatic heterocycles. The van der Waals surface area contributed by atoms with Crippen molar-refractivity contribution in [2.75, 3.05) is 25.0 Å². The van der Waals surface area contributed by atoms with Crippen LogP contribution in [0.5, 0.6) is 0 Å². The first kappa shape index (κ1) is 20.5. The van der Waals surface area contributed by atoms with Crippen LogP contribution in [0.1, 0.15) is 38.5 Å². The number of anilines is 1. The molecule has 2 aliphatic rings. The van der Waals surface area contributed by atoms with Crippen LogP contribution in [0.15, 0.2) is 24.3 Å². The average Bonchev–Trinajstić information content (AvgIpc) is 2.71. The van der Waals surface area contributed by atoms with Crippen molar-refractivity contribution in [3.8, 4) is 0 Å². The van der Waals surface area contributed by atoms with Crippen molar-refractivity contribution in [3.05, 3.63) is 30.1 Å². The van der Waals surface area contributed by atoms with E-state index in [1.165, 1.54) is 18.6 Å². The number of amides is 3. The number of hydrogen-bond donors (Lipinski definition) is 3. The number of hydrogen-bond acceptors (Lipinski definition) is 4. The highest BCUT2D eigenvalue weighted by Crippen LogP contribution is 2.23. The van der Waals surface area contributed by atoms with Crippen molar-refractivity contribution < 1.29 is 23.8 Å². The highest BCUT2D eigenvalue weighted by molar-refractivity contribution is 5.89. The molecule has 2 saturated heterocycles. The maximum Gasteiger partial charge on any atom is 0.319 e. The Bertz CT molecular complexity index is 681. The van der Waals surface area contributed by atoms with E-state index in [9.17, 15) is 19.1 Å². The molecule has 0 saturated carbocycles. The number of carbonyl (C=O) groups excluding carboxylic acids is 2. The minimum atomic E-state index is -0.598. The van der Waals surface area contributed by atoms with E-state index < -0.39 is 24.0 Å². The number of carbonyl (C=O) groups is 2. The minimum absolute atomic E-state index is 0.0854. The van der Waals surface area contributed by atoms with E-state index in [1.807, 2.05) is 4.90 Å². The van der Waals surface area contributed by atoms with Crippen molar-refractivity contribution in [1.29, 1.82) is 0 Å². The van der Waals surface area contributed by atoms with Gasteiger partial charge in [0.2, 0.25) is 5.91 Å². The number of likely N-dealkylation sites (tertiary alicyclic amines) is 1. The van der Waals surface area contributed by atoms with E-state index in [-0.39, 0.29) is 24.3 Å². The Hall–Kier alpha value is -2.19. The summed E-state index contributed by atoms with van der Waals surface area (Å²) in [6.45, 7) is 1.34. The summed E-state index contributed by atoms with van der Waals surface area (Å²) >= 11 is 0. The summed E-state index contributed by atoms with van der Waals surface area (Å²) in [5, 5.41) is 14.9. The maximum absolute atomic E-state index is 13.7. The van der Waals surface area contributed by atoms with E-state index in [4.69, 9.17) is 4.74 Å². The molecule has 3 atom stereocenters. The molecule has 0 aliphatic carbocycles. The molecule has 0 radical (unpaired) electrons. The Labute approximate surface area is 164 Å². The number of piperidine rings is 1. The van der Waals surface area contributed by atoms with Crippen molar-refractivity contribution >= 4 is 17.6 Å². The van der Waals surface area contributed by atoms with Crippen LogP contribution in [0.2, 0.25) is 0 Å². The summed E-state index contributed by atoms with van der Waals surface area (Å²) in [4.78, 5) is 26.5. The molecule has 2 heterocycles. The fraction of sp³-hybridized carbons (Fsp3) is 0.600. The van der Waals surface area contributed by atoms with Crippen LogP contribution >= 0.6 is 0 Å². The van der Waals surface area contributed by atoms with Crippen molar-refractivity contribution in [2.45, 2.75) is 56.8 Å². The molecule has 1 aromatic carbocycles. The summed E-state index contributed by atoms with van der Waals surface area (Å²) in [5.74, 6) is -0.433. The molecule has 8 heteroatoms. The lowest BCUT2D eigenvalue weighted by atomic mass is 9.96. The molecule has 0 unspecified atom stereocenters. The third-order valence-corrected chi connectivity index (χ3v) is 5.35. The van der Waals surface area contributed by atoms with Gasteiger partial charge >= 0.3 is 6.03 Å². The van der Waals surface area contributed by atoms with E-state index in [1.54, 1.807) is 12.1 Å². The summed E-state index contributed by atoms with van der Waals surface area (Å²) in [7, 11) is 0. The van der Waals surface area contributed by atoms with Gasteiger partial charge in [0, 0.05) is 13.1 Å². The molecule has 0 spiro atoms. The first-order valence-electron chi connectivity index (χ1n) is 9.93. The predicted molar refractivity (Wildman–Crippen MR) is 102 cm³/mol. The van der Waals surface area contributed by atoms with Crippen LogP contribution in [-0.4, -0.2) is 59.9 Å². The first-order valence-corrected chi connectivity index (χ1v) is 9.93. The van der Waals surface area contributed by atoms with E-state index in [0.29, 0.717) is 19.3 Å². The Morgan fingerprint density at radius 1 is 1.18 bits per heavy atom. The Morgan fingerprint density at radius 3 is 2.64 bits per heavy atom. The Balaban J connectivity index is 1.49. The predicted octanol–water partition coefficient (Wildman–Crippen LogP) is 2.26. The van der Waals surface area contributed by atoms with Crippen molar-refractivity contribution in [2.24, 2.45) is 0 Å². The van der Waals surface area contributed by atoms with Gasteiger partial charge in [-0.3, -0.25) is 4.79 Å². The molecule has 2 fully saturated rings. The number of aliphatic hydroxyl groups is 1. The van der Waals surface area contributed by atoms with Crippen LogP contribution in [0.25, 0.3) is 0 Å². The maximum atomic E-state index is 13.7. The fourth-order valence-electron chi connectivity index (χ4n) is 3.80. The van der Waals surface area contributed by atoms with Gasteiger partial charge in [-0.05, 0) is 44.2 Å². The number of nitrogens with one attached hydrogen (secondary N) is 2. The summed E-state index contributed by atoms with van der Waals surface area (Å²) in [6, 6.07) is 4.94. The van der Waals surface area contributed by atoms with E-state index in [2.05, 4.69) is 10.6 Å². The molecule has 3 N–H and O–H groups in total. The highest BCUT2D eigenvalue weighted by atomic mass is 19.1. The van der Waals surface area contributed by atoms with Gasteiger partial charge in [0.1, 0.15) is 11.9 Å². The van der Waals surface area contributed by atoms with Gasteiger partial charge in [0.15, 0.2) is 0 Å². The van der Waals surface area contributed by atoms with Gasteiger partial charge in [0.05, 0.1) is 30.9 Å². The molecular formula is C20H28FN3O4. The lowest BCUT2D eigenvalue weighted by Gasteiger charge is -2.37. The molecular weight excluding hydrogens is 365 g/mol. The third-order valence-electron chi connectivity index (χ3n) is 5.35. The average molecular weight is 393 g/mol. The normalized spacial score (nSPS) is 25.2. The highest BCUT2D eigenvalue weighted by Gasteiger charge is 2.33. The Kier molecular flexibility index (Phi) is 7.22. The lowest BCUT2D eigenvalue weighted by molar-refractivity contribution is -0.141. The standard InChI is InChI=1S/C20H28FN3O4/c21-15-6-2-3-7-16(15)22-20(27)23-17-9-8-14(28-18(17)13-25)12-19(26)24-10-4-1-5-11-24/h2-3,6-7,14,17-18,25H,1,4-5,8-13H2,(H2,22,23,27)/t14-,17+,18-/m1/s1. The molecule has 0 aromatic heterocycles. The lowest BCUT2D eigenvalue weighted by Crippen LogP contribution is -2.52. The first-order chi connectivity index (χ1) is 13.6. The topological polar surface area (TPSA) is 90.9 Å². The second-order valence-electron chi connectivity index (χ2n) is 7.39. The number of aliphatic hydroxyl groups excluding tert-OH is 1. The monoisotopic (exact) mass is 393 g/mol. The van der Waals surface area contributed by atoms with Gasteiger partial charge in [0.25, 0.3) is 0 Å². The van der Waals surface area contributed by atoms with Gasteiger partial charge in [-0.15, -0.1) is 0 Å². The zero-order chi connectivity index (χ0) is 19.9. The number of ether oxygens (including phenoxy) is 1. The molecule has 7 nitrogen and oxygen atoms in total. The minimum Gasteiger partial charge on any atom is -0.394 e. The smallest absolute Gasteiger partial charge is 0.319 e. The molecule has 3 rings (SSSR count). The molecule has 154 valence electrons. The van der Waals surface area contributed by atoms with Crippen LogP contribution < -0.4 is 10.6 Å². The van der Waals surface area contributed by atoms with Crippen LogP contribution in [0, 0.1) is 5.82 Å². The second kappa shape index (κ2) is 9.84. The number of halogens is 1. The zero-order valence-electron chi connectivity index (χ0n) is 15.9. The summed E-state index contributed by atoms with van der Waals surface area (Å²) < 4.78 is 19.5. The number of para-hydroxylation sites is 1. The van der Waals surface area contributed by atoms with Gasteiger partial charge in [-0.2, -0.15) is 0 Å². The van der Waals surface area contributed by atoms with E-state index >= 15 is 0 Å². The molecule has 28 heavy (non-hydrogen) atoms. The van der Waals surface area contributed by atoms with Crippen molar-refractivity contribution in [3.63, 3.8) is 0 Å². The molecule has 0 bridgehead atoms. The fourth-order valence-corrected chi connectivity index (χ4v) is 3.80. The zero-order valence-corrected chi connectivity index (χ0v) is 15.9. The van der Waals surface area contributed by atoms with Gasteiger partial charge < -0.3 is 25.4 Å². The SMILES string of the molecule is O=C(Nc1ccccc1F)N[C@H]1CC[C@H](CC(=O)N2CCCCC2)O[C@@H]1CO. The van der Waals surface area contributed by atoms with Gasteiger partial charge in [-0.25, -0.2) is 9.18 Å². The number of urea groups is 1. The largest absolute Gasteiger partial charge is 0.394 e. The van der Waals surface area contributed by atoms with Crippen LogP contribution in [-0.2, 0) is 9.53 Å². The van der Waals surface area contributed by atoms with Gasteiger partial charge in [-0.1, -0.05) is 12.1 Å². The van der Waals surface area contributed by atoms with Crippen LogP contribution in [0.4, 0.5) is 14.9 Å². The second-order valence-corrected chi connectivity index (χ2v) is 7.39. The number of benzene rings is 1. The Morgan fingerprint density at radius 2 is 1.93 bits per heavy atom. The van der Waals surface area contributed by atoms with Crippen molar-refractivity contribution in [1.82, 2.24) is 10.2 Å². The summed E-state index contributed by atoms with van der Waals surface area (Å²) in [5.41, 5.74) is 0.0854.